The summed E-state index contributed by atoms with van der Waals surface area (Å²) in [5.41, 5.74) is 2.68. The first kappa shape index (κ1) is 20.8. The molecule has 2 aliphatic heterocycles. The van der Waals surface area contributed by atoms with Gasteiger partial charge in [-0.25, -0.2) is 4.98 Å². The van der Waals surface area contributed by atoms with Gasteiger partial charge >= 0.3 is 0 Å². The third-order valence-corrected chi connectivity index (χ3v) is 6.23. The SMILES string of the molecule is CCCCN1CCN(C(=O)c2ccc(-c3nccnc3N3CCCCC3)cc2)CC1. The number of rotatable bonds is 6. The van der Waals surface area contributed by atoms with Crippen molar-refractivity contribution in [1.82, 2.24) is 19.8 Å². The number of unbranched alkanes of at least 4 members (excludes halogenated alkanes) is 1. The minimum atomic E-state index is 0.132. The van der Waals surface area contributed by atoms with Crippen molar-refractivity contribution in [3.63, 3.8) is 0 Å². The average Bonchev–Trinajstić information content (AvgIpc) is 2.83. The van der Waals surface area contributed by atoms with Crippen molar-refractivity contribution < 1.29 is 4.79 Å². The monoisotopic (exact) mass is 407 g/mol. The molecule has 0 N–H and O–H groups in total. The van der Waals surface area contributed by atoms with Crippen molar-refractivity contribution in [2.75, 3.05) is 50.7 Å². The third-order valence-electron chi connectivity index (χ3n) is 6.23. The lowest BCUT2D eigenvalue weighted by atomic mass is 10.1. The molecule has 0 bridgehead atoms. The van der Waals surface area contributed by atoms with Crippen LogP contribution < -0.4 is 4.90 Å². The Labute approximate surface area is 179 Å². The van der Waals surface area contributed by atoms with Crippen LogP contribution in [0.2, 0.25) is 0 Å². The zero-order valence-electron chi connectivity index (χ0n) is 18.1. The summed E-state index contributed by atoms with van der Waals surface area (Å²) in [5.74, 6) is 1.09. The van der Waals surface area contributed by atoms with E-state index in [1.165, 1.54) is 32.1 Å². The molecule has 1 aromatic carbocycles. The lowest BCUT2D eigenvalue weighted by Crippen LogP contribution is -2.48. The Morgan fingerprint density at radius 2 is 1.60 bits per heavy atom. The van der Waals surface area contributed by atoms with Gasteiger partial charge in [-0.3, -0.25) is 14.7 Å². The number of benzene rings is 1. The van der Waals surface area contributed by atoms with Gasteiger partial charge in [0.25, 0.3) is 5.91 Å². The maximum atomic E-state index is 13.0. The van der Waals surface area contributed by atoms with Crippen LogP contribution in [0.15, 0.2) is 36.7 Å². The van der Waals surface area contributed by atoms with Crippen LogP contribution in [-0.4, -0.2) is 71.5 Å². The van der Waals surface area contributed by atoms with E-state index in [-0.39, 0.29) is 5.91 Å². The van der Waals surface area contributed by atoms with E-state index in [0.29, 0.717) is 0 Å². The summed E-state index contributed by atoms with van der Waals surface area (Å²) < 4.78 is 0. The van der Waals surface area contributed by atoms with Crippen LogP contribution in [0, 0.1) is 0 Å². The highest BCUT2D eigenvalue weighted by molar-refractivity contribution is 5.95. The fourth-order valence-corrected chi connectivity index (χ4v) is 4.38. The van der Waals surface area contributed by atoms with Gasteiger partial charge in [-0.1, -0.05) is 25.5 Å². The maximum Gasteiger partial charge on any atom is 0.253 e. The fraction of sp³-hybridized carbons (Fsp3) is 0.542. The van der Waals surface area contributed by atoms with Crippen molar-refractivity contribution >= 4 is 11.7 Å². The number of hydrogen-bond acceptors (Lipinski definition) is 5. The molecule has 0 aliphatic carbocycles. The quantitative estimate of drug-likeness (QED) is 0.731. The molecule has 3 heterocycles. The lowest BCUT2D eigenvalue weighted by Gasteiger charge is -2.34. The van der Waals surface area contributed by atoms with Gasteiger partial charge < -0.3 is 9.80 Å². The van der Waals surface area contributed by atoms with Crippen molar-refractivity contribution in [3.05, 3.63) is 42.2 Å². The number of carbonyl (C=O) groups excluding carboxylic acids is 1. The van der Waals surface area contributed by atoms with Gasteiger partial charge in [-0.2, -0.15) is 0 Å². The molecular formula is C24H33N5O. The topological polar surface area (TPSA) is 52.6 Å². The smallest absolute Gasteiger partial charge is 0.253 e. The Morgan fingerprint density at radius 3 is 2.30 bits per heavy atom. The summed E-state index contributed by atoms with van der Waals surface area (Å²) in [4.78, 5) is 29.0. The summed E-state index contributed by atoms with van der Waals surface area (Å²) in [7, 11) is 0. The lowest BCUT2D eigenvalue weighted by molar-refractivity contribution is 0.0636. The number of nitrogens with zero attached hydrogens (tertiary/aromatic N) is 5. The van der Waals surface area contributed by atoms with E-state index in [9.17, 15) is 4.79 Å². The van der Waals surface area contributed by atoms with Crippen LogP contribution in [0.5, 0.6) is 0 Å². The molecule has 2 aromatic rings. The van der Waals surface area contributed by atoms with Crippen LogP contribution >= 0.6 is 0 Å². The first-order valence-corrected chi connectivity index (χ1v) is 11.4. The normalized spacial score (nSPS) is 17.9. The van der Waals surface area contributed by atoms with Gasteiger partial charge in [-0.05, 0) is 44.4 Å². The highest BCUT2D eigenvalue weighted by atomic mass is 16.2. The third kappa shape index (κ3) is 4.81. The van der Waals surface area contributed by atoms with Gasteiger partial charge in [0.05, 0.1) is 0 Å². The largest absolute Gasteiger partial charge is 0.355 e. The van der Waals surface area contributed by atoms with Crippen LogP contribution in [0.1, 0.15) is 49.4 Å². The van der Waals surface area contributed by atoms with Gasteiger partial charge in [0, 0.05) is 62.8 Å². The number of amides is 1. The van der Waals surface area contributed by atoms with E-state index in [1.807, 2.05) is 29.2 Å². The van der Waals surface area contributed by atoms with E-state index in [2.05, 4.69) is 26.7 Å². The zero-order chi connectivity index (χ0) is 20.8. The van der Waals surface area contributed by atoms with E-state index >= 15 is 0 Å². The molecule has 30 heavy (non-hydrogen) atoms. The molecule has 6 nitrogen and oxygen atoms in total. The molecule has 0 unspecified atom stereocenters. The van der Waals surface area contributed by atoms with Crippen molar-refractivity contribution in [2.45, 2.75) is 39.0 Å². The number of aromatic nitrogens is 2. The van der Waals surface area contributed by atoms with E-state index in [1.54, 1.807) is 12.4 Å². The Kier molecular flexibility index (Phi) is 6.95. The summed E-state index contributed by atoms with van der Waals surface area (Å²) in [6.45, 7) is 9.01. The van der Waals surface area contributed by atoms with Gasteiger partial charge in [0.2, 0.25) is 0 Å². The molecular weight excluding hydrogens is 374 g/mol. The summed E-state index contributed by atoms with van der Waals surface area (Å²) in [6.07, 6.45) is 9.67. The van der Waals surface area contributed by atoms with Crippen LogP contribution in [0.25, 0.3) is 11.3 Å². The predicted octanol–water partition coefficient (Wildman–Crippen LogP) is 3.69. The summed E-state index contributed by atoms with van der Waals surface area (Å²) in [5, 5.41) is 0. The second kappa shape index (κ2) is 10.0. The molecule has 0 atom stereocenters. The van der Waals surface area contributed by atoms with E-state index < -0.39 is 0 Å². The first-order chi connectivity index (χ1) is 14.8. The molecule has 2 saturated heterocycles. The van der Waals surface area contributed by atoms with E-state index in [0.717, 1.165) is 68.5 Å². The standard InChI is InChI=1S/C24H33N5O/c1-2-3-13-27-16-18-29(19-17-27)24(30)21-9-7-20(8-10-21)22-23(26-12-11-25-22)28-14-5-4-6-15-28/h7-12H,2-6,13-19H2,1H3. The highest BCUT2D eigenvalue weighted by Gasteiger charge is 2.22. The van der Waals surface area contributed by atoms with Crippen LogP contribution in [0.4, 0.5) is 5.82 Å². The molecule has 160 valence electrons. The Hall–Kier alpha value is -2.47. The van der Waals surface area contributed by atoms with Gasteiger partial charge in [0.1, 0.15) is 5.69 Å². The van der Waals surface area contributed by atoms with E-state index in [4.69, 9.17) is 0 Å². The molecule has 2 fully saturated rings. The van der Waals surface area contributed by atoms with Gasteiger partial charge in [0.15, 0.2) is 5.82 Å². The first-order valence-electron chi connectivity index (χ1n) is 11.4. The molecule has 4 rings (SSSR count). The van der Waals surface area contributed by atoms with Crippen LogP contribution in [0.3, 0.4) is 0 Å². The number of piperidine rings is 1. The van der Waals surface area contributed by atoms with Crippen molar-refractivity contribution in [3.8, 4) is 11.3 Å². The molecule has 1 aromatic heterocycles. The molecule has 0 saturated carbocycles. The second-order valence-corrected chi connectivity index (χ2v) is 8.34. The average molecular weight is 408 g/mol. The molecule has 0 radical (unpaired) electrons. The highest BCUT2D eigenvalue weighted by Crippen LogP contribution is 2.29. The van der Waals surface area contributed by atoms with Crippen molar-refractivity contribution in [1.29, 1.82) is 0 Å². The molecule has 2 aliphatic rings. The Morgan fingerprint density at radius 1 is 0.900 bits per heavy atom. The number of carbonyl (C=O) groups is 1. The molecule has 1 amide bonds. The van der Waals surface area contributed by atoms with Crippen LogP contribution in [-0.2, 0) is 0 Å². The second-order valence-electron chi connectivity index (χ2n) is 8.34. The predicted molar refractivity (Wildman–Crippen MR) is 121 cm³/mol. The molecule has 0 spiro atoms. The number of anilines is 1. The minimum Gasteiger partial charge on any atom is -0.355 e. The summed E-state index contributed by atoms with van der Waals surface area (Å²) >= 11 is 0. The minimum absolute atomic E-state index is 0.132. The fourth-order valence-electron chi connectivity index (χ4n) is 4.38. The number of piperazine rings is 1. The molecule has 6 heteroatoms. The zero-order valence-corrected chi connectivity index (χ0v) is 18.1. The Balaban J connectivity index is 1.43. The summed E-state index contributed by atoms with van der Waals surface area (Å²) in [6, 6.07) is 7.91. The van der Waals surface area contributed by atoms with Crippen molar-refractivity contribution in [2.24, 2.45) is 0 Å². The maximum absolute atomic E-state index is 13.0. The Bertz CT molecular complexity index is 824. The number of hydrogen-bond donors (Lipinski definition) is 0. The van der Waals surface area contributed by atoms with Gasteiger partial charge in [-0.15, -0.1) is 0 Å².